The Kier molecular flexibility index (Phi) is 7.86. The maximum absolute atomic E-state index is 12.5. The van der Waals surface area contributed by atoms with E-state index >= 15 is 0 Å². The predicted molar refractivity (Wildman–Crippen MR) is 99.1 cm³/mol. The molecule has 0 spiro atoms. The van der Waals surface area contributed by atoms with Crippen molar-refractivity contribution in [3.05, 3.63) is 42.0 Å². The summed E-state index contributed by atoms with van der Waals surface area (Å²) in [5, 5.41) is 5.57. The number of hydrogen-bond donors (Lipinski definition) is 2. The predicted octanol–water partition coefficient (Wildman–Crippen LogP) is 2.20. The number of esters is 1. The topological polar surface area (TPSA) is 84.5 Å². The fourth-order valence-corrected chi connectivity index (χ4v) is 2.89. The first kappa shape index (κ1) is 19.7. The molecule has 2 rings (SSSR count). The minimum absolute atomic E-state index is 0.118. The van der Waals surface area contributed by atoms with Crippen LogP contribution in [0.2, 0.25) is 0 Å². The fraction of sp³-hybridized carbons (Fsp3) is 0.450. The molecule has 0 saturated heterocycles. The summed E-state index contributed by atoms with van der Waals surface area (Å²) in [4.78, 5) is 35.7. The molecule has 26 heavy (non-hydrogen) atoms. The van der Waals surface area contributed by atoms with Crippen molar-refractivity contribution in [1.82, 2.24) is 10.6 Å². The summed E-state index contributed by atoms with van der Waals surface area (Å²) >= 11 is 0. The van der Waals surface area contributed by atoms with Crippen molar-refractivity contribution in [1.29, 1.82) is 0 Å². The highest BCUT2D eigenvalue weighted by Gasteiger charge is 2.24. The van der Waals surface area contributed by atoms with Crippen LogP contribution < -0.4 is 10.6 Å². The zero-order valence-corrected chi connectivity index (χ0v) is 15.1. The van der Waals surface area contributed by atoms with Crippen LogP contribution in [-0.4, -0.2) is 36.5 Å². The molecule has 140 valence electrons. The smallest absolute Gasteiger partial charge is 0.302 e. The molecular formula is C20H26N2O4. The molecule has 0 unspecified atom stereocenters. The molecule has 1 aromatic rings. The minimum Gasteiger partial charge on any atom is -0.463 e. The highest BCUT2D eigenvalue weighted by atomic mass is 16.5. The lowest BCUT2D eigenvalue weighted by molar-refractivity contribution is -0.143. The number of rotatable bonds is 7. The molecule has 0 bridgehead atoms. The average molecular weight is 358 g/mol. The zero-order valence-electron chi connectivity index (χ0n) is 15.1. The zero-order chi connectivity index (χ0) is 18.8. The van der Waals surface area contributed by atoms with Gasteiger partial charge in [0, 0.05) is 19.0 Å². The van der Waals surface area contributed by atoms with Gasteiger partial charge in [-0.1, -0.05) is 49.6 Å². The second kappa shape index (κ2) is 10.4. The van der Waals surface area contributed by atoms with E-state index in [1.54, 1.807) is 6.08 Å². The maximum Gasteiger partial charge on any atom is 0.302 e. The average Bonchev–Trinajstić information content (AvgIpc) is 2.65. The quantitative estimate of drug-likeness (QED) is 0.578. The third-order valence-electron chi connectivity index (χ3n) is 4.26. The minimum atomic E-state index is -0.909. The number of ether oxygens (including phenoxy) is 1. The molecule has 1 saturated carbocycles. The Hall–Kier alpha value is -2.63. The summed E-state index contributed by atoms with van der Waals surface area (Å²) in [6.45, 7) is 1.09. The van der Waals surface area contributed by atoms with E-state index in [9.17, 15) is 14.4 Å². The number of hydrogen-bond acceptors (Lipinski definition) is 4. The van der Waals surface area contributed by atoms with E-state index in [0.29, 0.717) is 0 Å². The van der Waals surface area contributed by atoms with Gasteiger partial charge >= 0.3 is 5.97 Å². The van der Waals surface area contributed by atoms with Crippen molar-refractivity contribution in [3.63, 3.8) is 0 Å². The summed E-state index contributed by atoms with van der Waals surface area (Å²) in [6, 6.07) is 8.59. The van der Waals surface area contributed by atoms with Crippen LogP contribution in [0, 0.1) is 0 Å². The van der Waals surface area contributed by atoms with E-state index in [0.717, 1.165) is 31.2 Å². The van der Waals surface area contributed by atoms with Crippen molar-refractivity contribution in [3.8, 4) is 0 Å². The van der Waals surface area contributed by atoms with Crippen LogP contribution in [0.15, 0.2) is 36.4 Å². The molecule has 6 nitrogen and oxygen atoms in total. The fourth-order valence-electron chi connectivity index (χ4n) is 2.89. The van der Waals surface area contributed by atoms with Crippen LogP contribution in [0.25, 0.3) is 6.08 Å². The van der Waals surface area contributed by atoms with Gasteiger partial charge < -0.3 is 15.4 Å². The van der Waals surface area contributed by atoms with Crippen LogP contribution in [-0.2, 0) is 19.1 Å². The van der Waals surface area contributed by atoms with Crippen LogP contribution in [0.4, 0.5) is 0 Å². The molecule has 2 amide bonds. The third kappa shape index (κ3) is 7.09. The van der Waals surface area contributed by atoms with Crippen molar-refractivity contribution >= 4 is 23.9 Å². The van der Waals surface area contributed by atoms with E-state index in [-0.39, 0.29) is 18.6 Å². The third-order valence-corrected chi connectivity index (χ3v) is 4.26. The van der Waals surface area contributed by atoms with Gasteiger partial charge in [-0.3, -0.25) is 14.4 Å². The van der Waals surface area contributed by atoms with Crippen molar-refractivity contribution < 1.29 is 19.1 Å². The van der Waals surface area contributed by atoms with Crippen molar-refractivity contribution in [2.24, 2.45) is 0 Å². The van der Waals surface area contributed by atoms with Crippen LogP contribution in [0.1, 0.15) is 44.6 Å². The summed E-state index contributed by atoms with van der Waals surface area (Å²) in [5.41, 5.74) is 0.880. The molecule has 0 aliphatic heterocycles. The molecule has 0 radical (unpaired) electrons. The Balaban J connectivity index is 1.93. The van der Waals surface area contributed by atoms with E-state index in [1.165, 1.54) is 19.4 Å². The van der Waals surface area contributed by atoms with Crippen molar-refractivity contribution in [2.75, 3.05) is 6.61 Å². The van der Waals surface area contributed by atoms with E-state index in [1.807, 2.05) is 30.3 Å². The molecule has 6 heteroatoms. The van der Waals surface area contributed by atoms with Gasteiger partial charge in [-0.05, 0) is 24.5 Å². The van der Waals surface area contributed by atoms with Gasteiger partial charge in [-0.2, -0.15) is 0 Å². The summed E-state index contributed by atoms with van der Waals surface area (Å²) < 4.78 is 4.94. The first-order chi connectivity index (χ1) is 12.5. The molecule has 0 heterocycles. The lowest BCUT2D eigenvalue weighted by atomic mass is 9.95. The van der Waals surface area contributed by atoms with Gasteiger partial charge in [0.05, 0.1) is 0 Å². The Morgan fingerprint density at radius 2 is 1.85 bits per heavy atom. The highest BCUT2D eigenvalue weighted by Crippen LogP contribution is 2.17. The Morgan fingerprint density at radius 3 is 2.50 bits per heavy atom. The van der Waals surface area contributed by atoms with Gasteiger partial charge in [-0.25, -0.2) is 0 Å². The second-order valence-electron chi connectivity index (χ2n) is 6.45. The largest absolute Gasteiger partial charge is 0.463 e. The molecule has 1 fully saturated rings. The Labute approximate surface area is 154 Å². The SMILES string of the molecule is CC(=O)OC[C@H](NC(=O)/C=C/c1ccccc1)C(=O)NC1CCCCC1. The number of nitrogens with one attached hydrogen (secondary N) is 2. The molecule has 1 aliphatic rings. The molecule has 1 aromatic carbocycles. The number of carbonyl (C=O) groups is 3. The van der Waals surface area contributed by atoms with E-state index in [4.69, 9.17) is 4.74 Å². The first-order valence-corrected chi connectivity index (χ1v) is 9.02. The van der Waals surface area contributed by atoms with Crippen LogP contribution >= 0.6 is 0 Å². The normalized spacial score (nSPS) is 16.0. The lowest BCUT2D eigenvalue weighted by Gasteiger charge is -2.25. The van der Waals surface area contributed by atoms with Crippen LogP contribution in [0.3, 0.4) is 0 Å². The molecule has 0 aromatic heterocycles. The molecular weight excluding hydrogens is 332 g/mol. The van der Waals surface area contributed by atoms with Gasteiger partial charge in [0.1, 0.15) is 12.6 Å². The molecule has 2 N–H and O–H groups in total. The number of amides is 2. The highest BCUT2D eigenvalue weighted by molar-refractivity contribution is 5.95. The number of carbonyl (C=O) groups excluding carboxylic acids is 3. The van der Waals surface area contributed by atoms with Crippen molar-refractivity contribution in [2.45, 2.75) is 51.1 Å². The maximum atomic E-state index is 12.5. The summed E-state index contributed by atoms with van der Waals surface area (Å²) in [5.74, 6) is -1.22. The van der Waals surface area contributed by atoms with Gasteiger partial charge in [0.2, 0.25) is 11.8 Å². The summed E-state index contributed by atoms with van der Waals surface area (Å²) in [6.07, 6.45) is 8.27. The van der Waals surface area contributed by atoms with Crippen LogP contribution in [0.5, 0.6) is 0 Å². The molecule has 1 atom stereocenters. The Morgan fingerprint density at radius 1 is 1.15 bits per heavy atom. The first-order valence-electron chi connectivity index (χ1n) is 9.02. The van der Waals surface area contributed by atoms with Gasteiger partial charge in [-0.15, -0.1) is 0 Å². The van der Waals surface area contributed by atoms with Gasteiger partial charge in [0.25, 0.3) is 0 Å². The molecule has 1 aliphatic carbocycles. The second-order valence-corrected chi connectivity index (χ2v) is 6.45. The van der Waals surface area contributed by atoms with E-state index in [2.05, 4.69) is 10.6 Å². The Bertz CT molecular complexity index is 636. The standard InChI is InChI=1S/C20H26N2O4/c1-15(23)26-14-18(20(25)21-17-10-6-3-7-11-17)22-19(24)13-12-16-8-4-2-5-9-16/h2,4-5,8-9,12-13,17-18H,3,6-7,10-11,14H2,1H3,(H,21,25)(H,22,24)/b13-12+/t18-/m0/s1. The monoisotopic (exact) mass is 358 g/mol. The van der Waals surface area contributed by atoms with Gasteiger partial charge in [0.15, 0.2) is 0 Å². The number of benzene rings is 1. The van der Waals surface area contributed by atoms with E-state index < -0.39 is 17.9 Å². The lowest BCUT2D eigenvalue weighted by Crippen LogP contribution is -2.52. The summed E-state index contributed by atoms with van der Waals surface area (Å²) in [7, 11) is 0.